The minimum absolute atomic E-state index is 0.0821. The first-order valence-electron chi connectivity index (χ1n) is 8.93. The summed E-state index contributed by atoms with van der Waals surface area (Å²) in [4.78, 5) is 24.2. The molecule has 0 aliphatic heterocycles. The zero-order valence-corrected chi connectivity index (χ0v) is 17.4. The molecular weight excluding hydrogens is 396 g/mol. The number of esters is 2. The molecular formula is C21H21ClN2O5. The molecule has 0 unspecified atom stereocenters. The minimum Gasteiger partial charge on any atom is -0.463 e. The van der Waals surface area contributed by atoms with Gasteiger partial charge in [0.2, 0.25) is 5.76 Å². The number of halogens is 1. The van der Waals surface area contributed by atoms with Crippen LogP contribution in [0.4, 0.5) is 0 Å². The van der Waals surface area contributed by atoms with E-state index in [4.69, 9.17) is 20.8 Å². The fourth-order valence-electron chi connectivity index (χ4n) is 2.88. The quantitative estimate of drug-likeness (QED) is 0.558. The molecule has 0 N–H and O–H groups in total. The molecule has 2 aromatic heterocycles. The summed E-state index contributed by atoms with van der Waals surface area (Å²) in [6, 6.07) is 9.60. The van der Waals surface area contributed by atoms with Gasteiger partial charge in [0.25, 0.3) is 0 Å². The van der Waals surface area contributed by atoms with Crippen molar-refractivity contribution in [2.75, 3.05) is 7.11 Å². The first-order chi connectivity index (χ1) is 13.8. The first-order valence-corrected chi connectivity index (χ1v) is 9.31. The molecule has 152 valence electrons. The number of carbonyl (C=O) groups excluding carboxylic acids is 2. The van der Waals surface area contributed by atoms with Gasteiger partial charge in [0.05, 0.1) is 19.3 Å². The highest BCUT2D eigenvalue weighted by atomic mass is 35.5. The van der Waals surface area contributed by atoms with Crippen LogP contribution in [0.15, 0.2) is 34.7 Å². The maximum atomic E-state index is 12.6. The van der Waals surface area contributed by atoms with E-state index in [1.54, 1.807) is 24.6 Å². The van der Waals surface area contributed by atoms with E-state index in [9.17, 15) is 9.59 Å². The fraction of sp³-hybridized carbons (Fsp3) is 0.286. The molecule has 8 heteroatoms. The Morgan fingerprint density at radius 2 is 1.83 bits per heavy atom. The standard InChI is InChI=1S/C21H21ClN2O5/c1-12-5-7-15(8-6-12)10-24-19(22)17(14(3)23-24)20(25)28-11-16-9-13(2)18(29-16)21(26)27-4/h5-9H,10-11H2,1-4H3. The van der Waals surface area contributed by atoms with E-state index >= 15 is 0 Å². The molecule has 1 aromatic carbocycles. The zero-order valence-electron chi connectivity index (χ0n) is 16.6. The maximum Gasteiger partial charge on any atom is 0.374 e. The van der Waals surface area contributed by atoms with Crippen LogP contribution in [0.3, 0.4) is 0 Å². The number of nitrogens with zero attached hydrogens (tertiary/aromatic N) is 2. The van der Waals surface area contributed by atoms with Crippen molar-refractivity contribution >= 4 is 23.5 Å². The summed E-state index contributed by atoms with van der Waals surface area (Å²) in [7, 11) is 1.27. The second kappa shape index (κ2) is 8.53. The number of aryl methyl sites for hydroxylation is 3. The van der Waals surface area contributed by atoms with Crippen molar-refractivity contribution in [3.8, 4) is 0 Å². The van der Waals surface area contributed by atoms with Crippen molar-refractivity contribution in [3.63, 3.8) is 0 Å². The molecule has 3 rings (SSSR count). The van der Waals surface area contributed by atoms with Crippen LogP contribution in [0.25, 0.3) is 0 Å². The van der Waals surface area contributed by atoms with Crippen molar-refractivity contribution in [2.45, 2.75) is 33.9 Å². The van der Waals surface area contributed by atoms with Gasteiger partial charge in [0, 0.05) is 5.56 Å². The summed E-state index contributed by atoms with van der Waals surface area (Å²) in [5.41, 5.74) is 3.45. The van der Waals surface area contributed by atoms with Gasteiger partial charge in [-0.1, -0.05) is 41.4 Å². The molecule has 0 saturated carbocycles. The SMILES string of the molecule is COC(=O)c1oc(COC(=O)c2c(C)nn(Cc3ccc(C)cc3)c2Cl)cc1C. The summed E-state index contributed by atoms with van der Waals surface area (Å²) in [5, 5.41) is 4.56. The number of hydrogen-bond acceptors (Lipinski definition) is 6. The van der Waals surface area contributed by atoms with Crippen LogP contribution in [0.2, 0.25) is 5.15 Å². The number of rotatable bonds is 6. The lowest BCUT2D eigenvalue weighted by Gasteiger charge is -2.05. The average Bonchev–Trinajstić information content (AvgIpc) is 3.20. The van der Waals surface area contributed by atoms with Crippen LogP contribution in [-0.4, -0.2) is 28.8 Å². The second-order valence-corrected chi connectivity index (χ2v) is 7.05. The third-order valence-corrected chi connectivity index (χ3v) is 4.79. The number of ether oxygens (including phenoxy) is 2. The Labute approximate surface area is 173 Å². The predicted molar refractivity (Wildman–Crippen MR) is 106 cm³/mol. The van der Waals surface area contributed by atoms with E-state index in [0.717, 1.165) is 11.1 Å². The largest absolute Gasteiger partial charge is 0.463 e. The Hall–Kier alpha value is -3.06. The monoisotopic (exact) mass is 416 g/mol. The molecule has 7 nitrogen and oxygen atoms in total. The summed E-state index contributed by atoms with van der Waals surface area (Å²) in [6.07, 6.45) is 0. The van der Waals surface area contributed by atoms with Gasteiger partial charge in [-0.15, -0.1) is 0 Å². The molecule has 3 aromatic rings. The molecule has 0 bridgehead atoms. The first kappa shape index (κ1) is 20.7. The highest BCUT2D eigenvalue weighted by Crippen LogP contribution is 2.23. The Bertz CT molecular complexity index is 1050. The molecule has 0 amide bonds. The topological polar surface area (TPSA) is 83.6 Å². The van der Waals surface area contributed by atoms with Gasteiger partial charge in [-0.3, -0.25) is 0 Å². The lowest BCUT2D eigenvalue weighted by molar-refractivity contribution is 0.0437. The van der Waals surface area contributed by atoms with Gasteiger partial charge in [-0.2, -0.15) is 5.10 Å². The molecule has 0 aliphatic carbocycles. The molecule has 0 spiro atoms. The number of aromatic nitrogens is 2. The third kappa shape index (κ3) is 4.51. The van der Waals surface area contributed by atoms with Crippen LogP contribution in [0.5, 0.6) is 0 Å². The summed E-state index contributed by atoms with van der Waals surface area (Å²) in [5.74, 6) is -0.788. The van der Waals surface area contributed by atoms with Crippen LogP contribution < -0.4 is 0 Å². The lowest BCUT2D eigenvalue weighted by atomic mass is 10.1. The molecule has 0 radical (unpaired) electrons. The summed E-state index contributed by atoms with van der Waals surface area (Å²) < 4.78 is 16.9. The van der Waals surface area contributed by atoms with E-state index in [0.29, 0.717) is 23.6 Å². The Morgan fingerprint density at radius 1 is 1.14 bits per heavy atom. The van der Waals surface area contributed by atoms with Gasteiger partial charge in [-0.25, -0.2) is 14.3 Å². The average molecular weight is 417 g/mol. The zero-order chi connectivity index (χ0) is 21.1. The normalized spacial score (nSPS) is 10.8. The van der Waals surface area contributed by atoms with E-state index in [1.165, 1.54) is 7.11 Å². The molecule has 0 aliphatic rings. The number of carbonyl (C=O) groups is 2. The number of hydrogen-bond donors (Lipinski definition) is 0. The van der Waals surface area contributed by atoms with Gasteiger partial charge in [0.15, 0.2) is 0 Å². The van der Waals surface area contributed by atoms with E-state index in [2.05, 4.69) is 9.84 Å². The Balaban J connectivity index is 1.72. The van der Waals surface area contributed by atoms with E-state index < -0.39 is 11.9 Å². The van der Waals surface area contributed by atoms with Crippen molar-refractivity contribution in [3.05, 3.63) is 75.0 Å². The summed E-state index contributed by atoms with van der Waals surface area (Å²) >= 11 is 6.39. The van der Waals surface area contributed by atoms with Gasteiger partial charge in [0.1, 0.15) is 23.1 Å². The van der Waals surface area contributed by atoms with E-state index in [-0.39, 0.29) is 23.1 Å². The van der Waals surface area contributed by atoms with Crippen molar-refractivity contribution < 1.29 is 23.5 Å². The van der Waals surface area contributed by atoms with Crippen molar-refractivity contribution in [2.24, 2.45) is 0 Å². The molecule has 0 fully saturated rings. The molecule has 29 heavy (non-hydrogen) atoms. The second-order valence-electron chi connectivity index (χ2n) is 6.69. The molecule has 0 atom stereocenters. The van der Waals surface area contributed by atoms with Crippen LogP contribution in [0.1, 0.15) is 49.1 Å². The van der Waals surface area contributed by atoms with Crippen molar-refractivity contribution in [1.82, 2.24) is 9.78 Å². The number of methoxy groups -OCH3 is 1. The fourth-order valence-corrected chi connectivity index (χ4v) is 3.19. The lowest BCUT2D eigenvalue weighted by Crippen LogP contribution is -2.07. The van der Waals surface area contributed by atoms with Crippen molar-refractivity contribution in [1.29, 1.82) is 0 Å². The van der Waals surface area contributed by atoms with Crippen LogP contribution in [0, 0.1) is 20.8 Å². The number of furan rings is 1. The van der Waals surface area contributed by atoms with Gasteiger partial charge in [-0.05, 0) is 32.4 Å². The Kier molecular flexibility index (Phi) is 6.08. The van der Waals surface area contributed by atoms with Gasteiger partial charge >= 0.3 is 11.9 Å². The molecule has 0 saturated heterocycles. The maximum absolute atomic E-state index is 12.6. The van der Waals surface area contributed by atoms with Crippen LogP contribution in [-0.2, 0) is 22.6 Å². The smallest absolute Gasteiger partial charge is 0.374 e. The van der Waals surface area contributed by atoms with Crippen LogP contribution >= 0.6 is 11.6 Å². The highest BCUT2D eigenvalue weighted by Gasteiger charge is 2.23. The van der Waals surface area contributed by atoms with Gasteiger partial charge < -0.3 is 13.9 Å². The Morgan fingerprint density at radius 3 is 2.48 bits per heavy atom. The minimum atomic E-state index is -0.615. The van der Waals surface area contributed by atoms with E-state index in [1.807, 2.05) is 31.2 Å². The predicted octanol–water partition coefficient (Wildman–Crippen LogP) is 4.25. The summed E-state index contributed by atoms with van der Waals surface area (Å²) in [6.45, 7) is 5.71. The highest BCUT2D eigenvalue weighted by molar-refractivity contribution is 6.32. The molecule has 2 heterocycles. The number of benzene rings is 1. The third-order valence-electron chi connectivity index (χ3n) is 4.41.